The van der Waals surface area contributed by atoms with E-state index < -0.39 is 34.8 Å². The Morgan fingerprint density at radius 3 is 2.62 bits per heavy atom. The van der Waals surface area contributed by atoms with Crippen LogP contribution >= 0.6 is 0 Å². The SMILES string of the molecule is N[C@@]1(C(=O)O)CN(S(=O)(=O)N(CC2CCOC2)C2CNC2)C[C@@H]1CCCB(O)O. The molecule has 3 saturated heterocycles. The van der Waals surface area contributed by atoms with E-state index in [9.17, 15) is 18.3 Å². The number of nitrogens with zero attached hydrogens (tertiary/aromatic N) is 2. The first kappa shape index (κ1) is 22.9. The molecule has 3 heterocycles. The largest absolute Gasteiger partial charge is 0.480 e. The predicted molar refractivity (Wildman–Crippen MR) is 105 cm³/mol. The number of nitrogens with one attached hydrogen (secondary N) is 1. The summed E-state index contributed by atoms with van der Waals surface area (Å²) in [7, 11) is -5.38. The lowest BCUT2D eigenvalue weighted by atomic mass is 9.78. The number of carboxylic acids is 1. The molecule has 0 saturated carbocycles. The number of ether oxygens (including phenoxy) is 1. The highest BCUT2D eigenvalue weighted by Gasteiger charge is 2.54. The summed E-state index contributed by atoms with van der Waals surface area (Å²) in [5.41, 5.74) is 4.45. The fourth-order valence-electron chi connectivity index (χ4n) is 4.25. The van der Waals surface area contributed by atoms with E-state index in [1.165, 1.54) is 8.61 Å². The van der Waals surface area contributed by atoms with E-state index in [2.05, 4.69) is 5.32 Å². The molecule has 166 valence electrons. The van der Waals surface area contributed by atoms with Crippen LogP contribution in [0.5, 0.6) is 0 Å². The zero-order chi connectivity index (χ0) is 21.2. The third-order valence-electron chi connectivity index (χ3n) is 6.26. The first-order valence-corrected chi connectivity index (χ1v) is 11.5. The van der Waals surface area contributed by atoms with Gasteiger partial charge in [0.25, 0.3) is 10.2 Å². The summed E-state index contributed by atoms with van der Waals surface area (Å²) in [4.78, 5) is 11.9. The molecule has 29 heavy (non-hydrogen) atoms. The Balaban J connectivity index is 1.75. The third-order valence-corrected chi connectivity index (χ3v) is 8.23. The van der Waals surface area contributed by atoms with Crippen molar-refractivity contribution in [3.05, 3.63) is 0 Å². The number of hydrogen-bond donors (Lipinski definition) is 5. The van der Waals surface area contributed by atoms with Crippen molar-refractivity contribution in [1.82, 2.24) is 13.9 Å². The van der Waals surface area contributed by atoms with E-state index in [-0.39, 0.29) is 31.4 Å². The van der Waals surface area contributed by atoms with Gasteiger partial charge in [0.1, 0.15) is 5.54 Å². The molecular weight excluding hydrogens is 403 g/mol. The maximum Gasteiger partial charge on any atom is 0.451 e. The lowest BCUT2D eigenvalue weighted by Crippen LogP contribution is -2.62. The zero-order valence-electron chi connectivity index (χ0n) is 16.4. The van der Waals surface area contributed by atoms with Crippen molar-refractivity contribution in [3.63, 3.8) is 0 Å². The summed E-state index contributed by atoms with van der Waals surface area (Å²) in [6.45, 7) is 2.32. The third kappa shape index (κ3) is 4.93. The Labute approximate surface area is 171 Å². The van der Waals surface area contributed by atoms with Gasteiger partial charge in [0.2, 0.25) is 0 Å². The molecule has 0 aromatic rings. The summed E-state index contributed by atoms with van der Waals surface area (Å²) < 4.78 is 34.9. The number of hydrogen-bond acceptors (Lipinski definition) is 8. The second kappa shape index (κ2) is 9.14. The van der Waals surface area contributed by atoms with Gasteiger partial charge in [0.15, 0.2) is 0 Å². The maximum absolute atomic E-state index is 13.4. The molecule has 13 heteroatoms. The molecule has 0 spiro atoms. The topological polar surface area (TPSA) is 166 Å². The summed E-state index contributed by atoms with van der Waals surface area (Å²) in [5.74, 6) is -1.73. The van der Waals surface area contributed by atoms with Crippen LogP contribution in [0.1, 0.15) is 19.3 Å². The van der Waals surface area contributed by atoms with Gasteiger partial charge in [-0.2, -0.15) is 17.0 Å². The second-order valence-electron chi connectivity index (χ2n) is 8.37. The predicted octanol–water partition coefficient (Wildman–Crippen LogP) is -2.49. The maximum atomic E-state index is 13.4. The summed E-state index contributed by atoms with van der Waals surface area (Å²) in [6.07, 6.45) is 1.53. The van der Waals surface area contributed by atoms with Gasteiger partial charge in [0, 0.05) is 45.2 Å². The highest BCUT2D eigenvalue weighted by Crippen LogP contribution is 2.34. The summed E-state index contributed by atoms with van der Waals surface area (Å²) in [6, 6.07) is -0.166. The summed E-state index contributed by atoms with van der Waals surface area (Å²) >= 11 is 0. The van der Waals surface area contributed by atoms with Crippen molar-refractivity contribution in [2.75, 3.05) is 45.9 Å². The van der Waals surface area contributed by atoms with Crippen LogP contribution in [-0.2, 0) is 19.7 Å². The smallest absolute Gasteiger partial charge is 0.451 e. The highest BCUT2D eigenvalue weighted by molar-refractivity contribution is 7.86. The van der Waals surface area contributed by atoms with Gasteiger partial charge in [-0.15, -0.1) is 0 Å². The van der Waals surface area contributed by atoms with Gasteiger partial charge in [-0.05, 0) is 25.1 Å². The molecule has 1 unspecified atom stereocenters. The Morgan fingerprint density at radius 2 is 2.10 bits per heavy atom. The fourth-order valence-corrected chi connectivity index (χ4v) is 6.21. The lowest BCUT2D eigenvalue weighted by molar-refractivity contribution is -0.144. The molecule has 6 N–H and O–H groups in total. The normalized spacial score (nSPS) is 31.3. The van der Waals surface area contributed by atoms with Gasteiger partial charge in [-0.3, -0.25) is 4.79 Å². The van der Waals surface area contributed by atoms with E-state index in [0.717, 1.165) is 6.42 Å². The average Bonchev–Trinajstić information content (AvgIpc) is 3.21. The monoisotopic (exact) mass is 434 g/mol. The van der Waals surface area contributed by atoms with E-state index >= 15 is 0 Å². The minimum Gasteiger partial charge on any atom is -0.480 e. The van der Waals surface area contributed by atoms with Crippen molar-refractivity contribution in [3.8, 4) is 0 Å². The molecule has 3 fully saturated rings. The van der Waals surface area contributed by atoms with Crippen molar-refractivity contribution in [2.24, 2.45) is 17.6 Å². The highest BCUT2D eigenvalue weighted by atomic mass is 32.2. The van der Waals surface area contributed by atoms with Gasteiger partial charge in [-0.1, -0.05) is 6.42 Å². The van der Waals surface area contributed by atoms with E-state index in [1.807, 2.05) is 0 Å². The van der Waals surface area contributed by atoms with Crippen LogP contribution in [0.2, 0.25) is 6.32 Å². The molecule has 0 amide bonds. The van der Waals surface area contributed by atoms with Crippen LogP contribution in [0, 0.1) is 11.8 Å². The molecule has 0 aromatic heterocycles. The Hall–Kier alpha value is -0.795. The number of carbonyl (C=O) groups is 1. The van der Waals surface area contributed by atoms with Crippen molar-refractivity contribution >= 4 is 23.3 Å². The van der Waals surface area contributed by atoms with Gasteiger partial charge in [-0.25, -0.2) is 0 Å². The van der Waals surface area contributed by atoms with E-state index in [1.54, 1.807) is 0 Å². The molecule has 3 atom stereocenters. The standard InChI is InChI=1S/C16H31BN4O7S/c18-16(15(22)23)11-20(9-13(16)2-1-4-17(24)25)29(26,27)21(14-6-19-7-14)8-12-3-5-28-10-12/h12-14,19,24-25H,1-11,18H2,(H,22,23)/t12?,13-,16-/m0/s1. The van der Waals surface area contributed by atoms with Crippen LogP contribution in [-0.4, -0.2) is 103 Å². The number of carboxylic acid groups (broad SMARTS) is 1. The summed E-state index contributed by atoms with van der Waals surface area (Å²) in [5, 5.41) is 30.8. The van der Waals surface area contributed by atoms with Gasteiger partial charge >= 0.3 is 13.1 Å². The molecule has 0 bridgehead atoms. The van der Waals surface area contributed by atoms with E-state index in [4.69, 9.17) is 20.5 Å². The molecule has 3 rings (SSSR count). The van der Waals surface area contributed by atoms with Crippen LogP contribution in [0.3, 0.4) is 0 Å². The van der Waals surface area contributed by atoms with Gasteiger partial charge in [0.05, 0.1) is 12.6 Å². The molecule has 0 radical (unpaired) electrons. The van der Waals surface area contributed by atoms with Crippen LogP contribution in [0.4, 0.5) is 0 Å². The van der Waals surface area contributed by atoms with Crippen LogP contribution in [0.25, 0.3) is 0 Å². The zero-order valence-corrected chi connectivity index (χ0v) is 17.3. The fraction of sp³-hybridized carbons (Fsp3) is 0.938. The number of aliphatic carboxylic acids is 1. The number of nitrogens with two attached hydrogens (primary N) is 1. The molecular formula is C16H31BN4O7S. The molecule has 3 aliphatic heterocycles. The molecule has 11 nitrogen and oxygen atoms in total. The van der Waals surface area contributed by atoms with Crippen molar-refractivity contribution in [1.29, 1.82) is 0 Å². The number of rotatable bonds is 10. The lowest BCUT2D eigenvalue weighted by Gasteiger charge is -2.40. The Bertz CT molecular complexity index is 687. The Morgan fingerprint density at radius 1 is 1.38 bits per heavy atom. The Kier molecular flexibility index (Phi) is 7.21. The average molecular weight is 434 g/mol. The second-order valence-corrected chi connectivity index (χ2v) is 10.2. The minimum atomic E-state index is -3.90. The molecule has 0 aliphatic carbocycles. The van der Waals surface area contributed by atoms with Crippen LogP contribution in [0.15, 0.2) is 0 Å². The van der Waals surface area contributed by atoms with E-state index in [0.29, 0.717) is 45.7 Å². The quantitative estimate of drug-likeness (QED) is 0.234. The van der Waals surface area contributed by atoms with Crippen molar-refractivity contribution < 1.29 is 33.1 Å². The van der Waals surface area contributed by atoms with Crippen LogP contribution < -0.4 is 11.1 Å². The minimum absolute atomic E-state index is 0.00444. The first-order valence-electron chi connectivity index (χ1n) is 10.1. The molecule has 0 aromatic carbocycles. The first-order chi connectivity index (χ1) is 13.6. The van der Waals surface area contributed by atoms with Crippen molar-refractivity contribution in [2.45, 2.75) is 37.2 Å². The molecule has 3 aliphatic rings. The van der Waals surface area contributed by atoms with Gasteiger partial charge < -0.3 is 30.9 Å².